The first-order valence-corrected chi connectivity index (χ1v) is 6.38. The van der Waals surface area contributed by atoms with Gasteiger partial charge in [-0.1, -0.05) is 12.1 Å². The van der Waals surface area contributed by atoms with E-state index in [4.69, 9.17) is 0 Å². The molecule has 0 spiro atoms. The van der Waals surface area contributed by atoms with Gasteiger partial charge in [0.05, 0.1) is 5.01 Å². The van der Waals surface area contributed by atoms with Gasteiger partial charge in [0.15, 0.2) is 0 Å². The summed E-state index contributed by atoms with van der Waals surface area (Å²) >= 11 is 1.51. The molecule has 0 saturated heterocycles. The lowest BCUT2D eigenvalue weighted by Crippen LogP contribution is -2.23. The maximum absolute atomic E-state index is 11.9. The molecule has 1 amide bonds. The number of phenolic OH excluding ortho intramolecular Hbond substituents is 1. The molecule has 2 N–H and O–H groups in total. The van der Waals surface area contributed by atoms with Crippen molar-refractivity contribution in [3.05, 3.63) is 45.4 Å². The zero-order valence-corrected chi connectivity index (χ0v) is 11.0. The number of hydrogen-bond donors (Lipinski definition) is 2. The normalized spacial score (nSPS) is 10.3. The van der Waals surface area contributed by atoms with Crippen molar-refractivity contribution in [2.75, 3.05) is 0 Å². The Bertz CT molecular complexity index is 578. The molecule has 0 aliphatic rings. The Morgan fingerprint density at radius 3 is 2.83 bits per heavy atom. The van der Waals surface area contributed by atoms with Crippen LogP contribution in [0.4, 0.5) is 0 Å². The molecule has 0 atom stereocenters. The van der Waals surface area contributed by atoms with Crippen molar-refractivity contribution in [1.82, 2.24) is 10.3 Å². The molecular weight excluding hydrogens is 248 g/mol. The molecule has 0 unspecified atom stereocenters. The molecular formula is C13H14N2O2S. The van der Waals surface area contributed by atoms with Gasteiger partial charge in [0.25, 0.3) is 5.91 Å². The molecule has 94 valence electrons. The number of aryl methyl sites for hydroxylation is 2. The Labute approximate surface area is 109 Å². The van der Waals surface area contributed by atoms with Crippen LogP contribution < -0.4 is 5.32 Å². The average molecular weight is 262 g/mol. The van der Waals surface area contributed by atoms with Crippen LogP contribution in [0.2, 0.25) is 0 Å². The summed E-state index contributed by atoms with van der Waals surface area (Å²) in [4.78, 5) is 17.0. The topological polar surface area (TPSA) is 62.2 Å². The molecule has 0 saturated carbocycles. The average Bonchev–Trinajstić information content (AvgIpc) is 2.66. The van der Waals surface area contributed by atoms with Crippen molar-refractivity contribution in [2.45, 2.75) is 20.4 Å². The first-order chi connectivity index (χ1) is 8.56. The molecule has 1 aromatic heterocycles. The van der Waals surface area contributed by atoms with Crippen molar-refractivity contribution in [1.29, 1.82) is 0 Å². The maximum Gasteiger partial charge on any atom is 0.271 e. The molecule has 0 radical (unpaired) electrons. The lowest BCUT2D eigenvalue weighted by Gasteiger charge is -2.04. The number of carbonyl (C=O) groups is 1. The predicted octanol–water partition coefficient (Wildman–Crippen LogP) is 2.40. The van der Waals surface area contributed by atoms with Gasteiger partial charge in [-0.2, -0.15) is 0 Å². The highest BCUT2D eigenvalue weighted by Crippen LogP contribution is 2.16. The van der Waals surface area contributed by atoms with Gasteiger partial charge < -0.3 is 10.4 Å². The summed E-state index contributed by atoms with van der Waals surface area (Å²) in [5, 5.41) is 13.0. The Morgan fingerprint density at radius 1 is 1.44 bits per heavy atom. The molecule has 5 heteroatoms. The Hall–Kier alpha value is -1.88. The van der Waals surface area contributed by atoms with Crippen molar-refractivity contribution < 1.29 is 9.90 Å². The number of hydrogen-bond acceptors (Lipinski definition) is 4. The minimum absolute atomic E-state index is 0.180. The summed E-state index contributed by atoms with van der Waals surface area (Å²) in [5.41, 5.74) is 1.34. The van der Waals surface area contributed by atoms with Gasteiger partial charge in [-0.25, -0.2) is 4.98 Å². The van der Waals surface area contributed by atoms with E-state index in [1.165, 1.54) is 11.3 Å². The fourth-order valence-electron chi connectivity index (χ4n) is 1.67. The van der Waals surface area contributed by atoms with E-state index in [0.717, 1.165) is 15.4 Å². The summed E-state index contributed by atoms with van der Waals surface area (Å²) < 4.78 is 0. The molecule has 0 bridgehead atoms. The summed E-state index contributed by atoms with van der Waals surface area (Å²) in [6, 6.07) is 6.81. The Morgan fingerprint density at radius 2 is 2.22 bits per heavy atom. The van der Waals surface area contributed by atoms with E-state index >= 15 is 0 Å². The van der Waals surface area contributed by atoms with Crippen LogP contribution in [0.5, 0.6) is 5.75 Å². The van der Waals surface area contributed by atoms with Gasteiger partial charge in [-0.15, -0.1) is 11.3 Å². The predicted molar refractivity (Wildman–Crippen MR) is 70.9 cm³/mol. The number of amides is 1. The van der Waals surface area contributed by atoms with E-state index in [1.54, 1.807) is 18.2 Å². The summed E-state index contributed by atoms with van der Waals surface area (Å²) in [6.45, 7) is 4.14. The smallest absolute Gasteiger partial charge is 0.271 e. The first-order valence-electron chi connectivity index (χ1n) is 5.56. The third-order valence-electron chi connectivity index (χ3n) is 2.48. The minimum atomic E-state index is -0.180. The minimum Gasteiger partial charge on any atom is -0.508 e. The van der Waals surface area contributed by atoms with Crippen molar-refractivity contribution in [2.24, 2.45) is 0 Å². The highest BCUT2D eigenvalue weighted by molar-refractivity contribution is 7.11. The van der Waals surface area contributed by atoms with Gasteiger partial charge in [0.1, 0.15) is 11.4 Å². The van der Waals surface area contributed by atoms with Crippen LogP contribution in [0.15, 0.2) is 24.3 Å². The SMILES string of the molecule is Cc1nc(C(=O)NCc2cccc(O)c2)c(C)s1. The summed E-state index contributed by atoms with van der Waals surface area (Å²) in [6.07, 6.45) is 0. The zero-order valence-electron chi connectivity index (χ0n) is 10.2. The third-order valence-corrected chi connectivity index (χ3v) is 3.37. The van der Waals surface area contributed by atoms with Crippen LogP contribution in [0.1, 0.15) is 25.9 Å². The number of phenols is 1. The number of rotatable bonds is 3. The summed E-state index contributed by atoms with van der Waals surface area (Å²) in [7, 11) is 0. The largest absolute Gasteiger partial charge is 0.508 e. The Kier molecular flexibility index (Phi) is 3.62. The molecule has 0 fully saturated rings. The molecule has 0 aliphatic heterocycles. The van der Waals surface area contributed by atoms with Gasteiger partial charge in [0.2, 0.25) is 0 Å². The molecule has 1 aromatic carbocycles. The number of benzene rings is 1. The lowest BCUT2D eigenvalue weighted by atomic mass is 10.2. The van der Waals surface area contributed by atoms with Crippen LogP contribution in [0.3, 0.4) is 0 Å². The second-order valence-electron chi connectivity index (χ2n) is 3.99. The summed E-state index contributed by atoms with van der Waals surface area (Å²) in [5.74, 6) is 0.0163. The highest BCUT2D eigenvalue weighted by atomic mass is 32.1. The van der Waals surface area contributed by atoms with E-state index < -0.39 is 0 Å². The molecule has 4 nitrogen and oxygen atoms in total. The van der Waals surface area contributed by atoms with Crippen LogP contribution in [0.25, 0.3) is 0 Å². The quantitative estimate of drug-likeness (QED) is 0.892. The third kappa shape index (κ3) is 2.87. The molecule has 18 heavy (non-hydrogen) atoms. The van der Waals surface area contributed by atoms with Crippen LogP contribution >= 0.6 is 11.3 Å². The van der Waals surface area contributed by atoms with Gasteiger partial charge in [-0.3, -0.25) is 4.79 Å². The van der Waals surface area contributed by atoms with E-state index in [9.17, 15) is 9.90 Å². The number of thiazole rings is 1. The molecule has 1 heterocycles. The Balaban J connectivity index is 2.03. The number of aromatic nitrogens is 1. The van der Waals surface area contributed by atoms with Crippen LogP contribution in [0, 0.1) is 13.8 Å². The second kappa shape index (κ2) is 5.18. The highest BCUT2D eigenvalue weighted by Gasteiger charge is 2.13. The maximum atomic E-state index is 11.9. The van der Waals surface area contributed by atoms with E-state index in [-0.39, 0.29) is 11.7 Å². The van der Waals surface area contributed by atoms with Gasteiger partial charge in [-0.05, 0) is 31.5 Å². The molecule has 2 aromatic rings. The monoisotopic (exact) mass is 262 g/mol. The van der Waals surface area contributed by atoms with E-state index in [2.05, 4.69) is 10.3 Å². The van der Waals surface area contributed by atoms with E-state index in [0.29, 0.717) is 12.2 Å². The fraction of sp³-hybridized carbons (Fsp3) is 0.231. The standard InChI is InChI=1S/C13H14N2O2S/c1-8-12(15-9(2)18-8)13(17)14-7-10-4-3-5-11(16)6-10/h3-6,16H,7H2,1-2H3,(H,14,17). The van der Waals surface area contributed by atoms with Gasteiger partial charge >= 0.3 is 0 Å². The molecule has 2 rings (SSSR count). The van der Waals surface area contributed by atoms with Crippen LogP contribution in [-0.2, 0) is 6.54 Å². The number of aromatic hydroxyl groups is 1. The van der Waals surface area contributed by atoms with Crippen molar-refractivity contribution >= 4 is 17.2 Å². The van der Waals surface area contributed by atoms with E-state index in [1.807, 2.05) is 19.9 Å². The number of nitrogens with one attached hydrogen (secondary N) is 1. The number of carbonyl (C=O) groups excluding carboxylic acids is 1. The van der Waals surface area contributed by atoms with Crippen LogP contribution in [-0.4, -0.2) is 16.0 Å². The van der Waals surface area contributed by atoms with Crippen molar-refractivity contribution in [3.63, 3.8) is 0 Å². The fourth-order valence-corrected chi connectivity index (χ4v) is 2.49. The second-order valence-corrected chi connectivity index (χ2v) is 5.40. The molecule has 0 aliphatic carbocycles. The lowest BCUT2D eigenvalue weighted by molar-refractivity contribution is 0.0946. The van der Waals surface area contributed by atoms with Gasteiger partial charge in [0, 0.05) is 11.4 Å². The number of nitrogens with zero attached hydrogens (tertiary/aromatic N) is 1. The first kappa shape index (κ1) is 12.6. The van der Waals surface area contributed by atoms with Crippen molar-refractivity contribution in [3.8, 4) is 5.75 Å². The zero-order chi connectivity index (χ0) is 13.1.